The summed E-state index contributed by atoms with van der Waals surface area (Å²) in [4.78, 5) is 13.4. The summed E-state index contributed by atoms with van der Waals surface area (Å²) >= 11 is 1.75. The van der Waals surface area contributed by atoms with E-state index in [0.717, 1.165) is 12.8 Å². The molecule has 21 heavy (non-hydrogen) atoms. The molecule has 2 amide bonds. The Bertz CT molecular complexity index is 445. The van der Waals surface area contributed by atoms with Crippen LogP contribution >= 0.6 is 11.3 Å². The monoisotopic (exact) mass is 308 g/mol. The van der Waals surface area contributed by atoms with E-state index in [-0.39, 0.29) is 11.4 Å². The van der Waals surface area contributed by atoms with Crippen LogP contribution in [0, 0.1) is 11.8 Å². The van der Waals surface area contributed by atoms with Gasteiger partial charge in [0.25, 0.3) is 0 Å². The zero-order valence-electron chi connectivity index (χ0n) is 13.6. The molecule has 0 radical (unpaired) electrons. The van der Waals surface area contributed by atoms with E-state index in [1.807, 2.05) is 0 Å². The predicted octanol–water partition coefficient (Wildman–Crippen LogP) is 4.15. The van der Waals surface area contributed by atoms with Crippen molar-refractivity contribution in [3.05, 3.63) is 22.4 Å². The molecule has 2 rings (SSSR count). The Balaban J connectivity index is 1.79. The molecule has 1 aromatic rings. The van der Waals surface area contributed by atoms with Crippen LogP contribution in [0.2, 0.25) is 0 Å². The van der Waals surface area contributed by atoms with Gasteiger partial charge in [-0.05, 0) is 42.5 Å². The number of amides is 2. The van der Waals surface area contributed by atoms with E-state index in [4.69, 9.17) is 0 Å². The van der Waals surface area contributed by atoms with E-state index in [9.17, 15) is 4.79 Å². The SMILES string of the molecule is CC1CC(C)CC(NC(=O)NCC(C)(C)c2cccs2)C1. The molecule has 1 aromatic heterocycles. The predicted molar refractivity (Wildman–Crippen MR) is 89.8 cm³/mol. The lowest BCUT2D eigenvalue weighted by atomic mass is 9.80. The van der Waals surface area contributed by atoms with Gasteiger partial charge in [-0.15, -0.1) is 11.3 Å². The summed E-state index contributed by atoms with van der Waals surface area (Å²) in [5.74, 6) is 1.42. The van der Waals surface area contributed by atoms with Gasteiger partial charge in [0.1, 0.15) is 0 Å². The fourth-order valence-electron chi connectivity index (χ4n) is 3.35. The van der Waals surface area contributed by atoms with E-state index in [1.165, 1.54) is 11.3 Å². The second-order valence-corrected chi connectivity index (χ2v) is 8.25. The normalized spacial score (nSPS) is 26.4. The minimum Gasteiger partial charge on any atom is -0.337 e. The molecule has 0 aromatic carbocycles. The van der Waals surface area contributed by atoms with Gasteiger partial charge >= 0.3 is 6.03 Å². The average Bonchev–Trinajstić information content (AvgIpc) is 2.89. The lowest BCUT2D eigenvalue weighted by Crippen LogP contribution is -2.47. The average molecular weight is 308 g/mol. The van der Waals surface area contributed by atoms with Gasteiger partial charge in [0.15, 0.2) is 0 Å². The van der Waals surface area contributed by atoms with Gasteiger partial charge in [0.2, 0.25) is 0 Å². The van der Waals surface area contributed by atoms with Crippen LogP contribution in [-0.2, 0) is 5.41 Å². The number of rotatable bonds is 4. The van der Waals surface area contributed by atoms with Crippen molar-refractivity contribution in [2.24, 2.45) is 11.8 Å². The number of urea groups is 1. The fourth-order valence-corrected chi connectivity index (χ4v) is 4.21. The maximum Gasteiger partial charge on any atom is 0.315 e. The number of carbonyl (C=O) groups is 1. The van der Waals surface area contributed by atoms with Gasteiger partial charge in [-0.3, -0.25) is 0 Å². The molecule has 2 atom stereocenters. The summed E-state index contributed by atoms with van der Waals surface area (Å²) in [6.45, 7) is 9.56. The lowest BCUT2D eigenvalue weighted by Gasteiger charge is -2.32. The zero-order valence-corrected chi connectivity index (χ0v) is 14.4. The van der Waals surface area contributed by atoms with Crippen molar-refractivity contribution < 1.29 is 4.79 Å². The van der Waals surface area contributed by atoms with Crippen LogP contribution in [0.25, 0.3) is 0 Å². The summed E-state index contributed by atoms with van der Waals surface area (Å²) in [5.41, 5.74) is -0.0152. The molecule has 0 spiro atoms. The van der Waals surface area contributed by atoms with E-state index in [2.05, 4.69) is 55.8 Å². The van der Waals surface area contributed by atoms with Gasteiger partial charge in [0.05, 0.1) is 0 Å². The second kappa shape index (κ2) is 6.82. The molecule has 4 heteroatoms. The van der Waals surface area contributed by atoms with Gasteiger partial charge in [-0.25, -0.2) is 4.79 Å². The van der Waals surface area contributed by atoms with Gasteiger partial charge in [0, 0.05) is 22.9 Å². The maximum absolute atomic E-state index is 12.1. The van der Waals surface area contributed by atoms with Crippen molar-refractivity contribution >= 4 is 17.4 Å². The Hall–Kier alpha value is -1.03. The maximum atomic E-state index is 12.1. The first-order valence-corrected chi connectivity index (χ1v) is 8.83. The number of nitrogens with one attached hydrogen (secondary N) is 2. The number of hydrogen-bond donors (Lipinski definition) is 2. The molecule has 118 valence electrons. The highest BCUT2D eigenvalue weighted by Crippen LogP contribution is 2.29. The minimum absolute atomic E-state index is 0.0152. The Kier molecular flexibility index (Phi) is 5.31. The first-order chi connectivity index (χ1) is 9.87. The first kappa shape index (κ1) is 16.3. The third-order valence-corrected chi connectivity index (χ3v) is 5.63. The summed E-state index contributed by atoms with van der Waals surface area (Å²) in [5, 5.41) is 8.28. The molecular formula is C17H28N2OS. The van der Waals surface area contributed by atoms with E-state index in [0.29, 0.717) is 24.4 Å². The van der Waals surface area contributed by atoms with Crippen molar-refractivity contribution in [1.29, 1.82) is 0 Å². The van der Waals surface area contributed by atoms with Crippen molar-refractivity contribution in [2.45, 2.75) is 58.4 Å². The quantitative estimate of drug-likeness (QED) is 0.862. The lowest BCUT2D eigenvalue weighted by molar-refractivity contribution is 0.212. The van der Waals surface area contributed by atoms with Crippen molar-refractivity contribution in [1.82, 2.24) is 10.6 Å². The molecule has 0 bridgehead atoms. The van der Waals surface area contributed by atoms with E-state index < -0.39 is 0 Å². The number of hydrogen-bond acceptors (Lipinski definition) is 2. The standard InChI is InChI=1S/C17H28N2OS/c1-12-8-13(2)10-14(9-12)19-16(20)18-11-17(3,4)15-6-5-7-21-15/h5-7,12-14H,8-11H2,1-4H3,(H2,18,19,20). The smallest absolute Gasteiger partial charge is 0.315 e. The van der Waals surface area contributed by atoms with Crippen molar-refractivity contribution in [3.8, 4) is 0 Å². The van der Waals surface area contributed by atoms with Crippen LogP contribution < -0.4 is 10.6 Å². The first-order valence-electron chi connectivity index (χ1n) is 7.95. The molecule has 0 aliphatic heterocycles. The highest BCUT2D eigenvalue weighted by molar-refractivity contribution is 7.10. The largest absolute Gasteiger partial charge is 0.337 e. The van der Waals surface area contributed by atoms with E-state index >= 15 is 0 Å². The molecule has 0 saturated heterocycles. The molecule has 1 aliphatic rings. The van der Waals surface area contributed by atoms with Crippen molar-refractivity contribution in [3.63, 3.8) is 0 Å². The molecule has 1 aliphatic carbocycles. The molecular weight excluding hydrogens is 280 g/mol. The van der Waals surface area contributed by atoms with Gasteiger partial charge < -0.3 is 10.6 Å². The van der Waals surface area contributed by atoms with Crippen LogP contribution in [-0.4, -0.2) is 18.6 Å². The van der Waals surface area contributed by atoms with Crippen LogP contribution in [0.4, 0.5) is 4.79 Å². The minimum atomic E-state index is -0.0223. The van der Waals surface area contributed by atoms with Gasteiger partial charge in [-0.2, -0.15) is 0 Å². The summed E-state index contributed by atoms with van der Waals surface area (Å²) in [6, 6.07) is 4.50. The molecule has 3 nitrogen and oxygen atoms in total. The highest BCUT2D eigenvalue weighted by atomic mass is 32.1. The Labute approximate surface area is 132 Å². The molecule has 2 N–H and O–H groups in total. The summed E-state index contributed by atoms with van der Waals surface area (Å²) in [7, 11) is 0. The van der Waals surface area contributed by atoms with Crippen LogP contribution in [0.5, 0.6) is 0 Å². The highest BCUT2D eigenvalue weighted by Gasteiger charge is 2.26. The fraction of sp³-hybridized carbons (Fsp3) is 0.706. The van der Waals surface area contributed by atoms with Crippen LogP contribution in [0.3, 0.4) is 0 Å². The van der Waals surface area contributed by atoms with Crippen LogP contribution in [0.15, 0.2) is 17.5 Å². The zero-order chi connectivity index (χ0) is 15.5. The van der Waals surface area contributed by atoms with Crippen molar-refractivity contribution in [2.75, 3.05) is 6.54 Å². The molecule has 1 saturated carbocycles. The van der Waals surface area contributed by atoms with E-state index in [1.54, 1.807) is 11.3 Å². The molecule has 1 heterocycles. The third-order valence-electron chi connectivity index (χ3n) is 4.39. The molecule has 1 fully saturated rings. The Morgan fingerprint density at radius 2 is 1.95 bits per heavy atom. The second-order valence-electron chi connectivity index (χ2n) is 7.30. The van der Waals surface area contributed by atoms with Crippen LogP contribution in [0.1, 0.15) is 51.8 Å². The molecule has 2 unspecified atom stereocenters. The number of carbonyl (C=O) groups excluding carboxylic acids is 1. The topological polar surface area (TPSA) is 41.1 Å². The third kappa shape index (κ3) is 4.73. The summed E-state index contributed by atoms with van der Waals surface area (Å²) < 4.78 is 0. The Morgan fingerprint density at radius 1 is 1.29 bits per heavy atom. The van der Waals surface area contributed by atoms with Gasteiger partial charge in [-0.1, -0.05) is 33.8 Å². The number of thiophene rings is 1. The summed E-state index contributed by atoms with van der Waals surface area (Å²) in [6.07, 6.45) is 3.49. The Morgan fingerprint density at radius 3 is 2.52 bits per heavy atom.